The van der Waals surface area contributed by atoms with Gasteiger partial charge in [0.15, 0.2) is 0 Å². The highest BCUT2D eigenvalue weighted by atomic mass is 19.1. The van der Waals surface area contributed by atoms with Crippen LogP contribution in [0.1, 0.15) is 16.7 Å². The molecule has 3 amide bonds. The molecule has 0 saturated heterocycles. The smallest absolute Gasteiger partial charge is 0.315 e. The Bertz CT molecular complexity index is 730. The molecule has 3 N–H and O–H groups in total. The average Bonchev–Trinajstić information content (AvgIpc) is 2.56. The number of urea groups is 1. The first-order valence-electron chi connectivity index (χ1n) is 7.57. The van der Waals surface area contributed by atoms with Crippen molar-refractivity contribution in [2.45, 2.75) is 20.4 Å². The lowest BCUT2D eigenvalue weighted by molar-refractivity contribution is -0.115. The molecule has 0 saturated carbocycles. The van der Waals surface area contributed by atoms with Gasteiger partial charge in [-0.1, -0.05) is 18.2 Å². The normalized spacial score (nSPS) is 10.1. The Morgan fingerprint density at radius 1 is 0.958 bits per heavy atom. The minimum Gasteiger partial charge on any atom is -0.334 e. The Balaban J connectivity index is 1.73. The van der Waals surface area contributed by atoms with Crippen molar-refractivity contribution in [1.82, 2.24) is 10.6 Å². The third kappa shape index (κ3) is 5.39. The number of aryl methyl sites for hydroxylation is 2. The number of amides is 3. The van der Waals surface area contributed by atoms with Gasteiger partial charge in [0, 0.05) is 12.2 Å². The highest BCUT2D eigenvalue weighted by molar-refractivity contribution is 5.94. The van der Waals surface area contributed by atoms with E-state index in [4.69, 9.17) is 0 Å². The Kier molecular flexibility index (Phi) is 5.89. The molecule has 126 valence electrons. The van der Waals surface area contributed by atoms with Crippen LogP contribution in [-0.4, -0.2) is 18.5 Å². The fraction of sp³-hybridized carbons (Fsp3) is 0.222. The zero-order valence-corrected chi connectivity index (χ0v) is 13.7. The number of hydrogen-bond donors (Lipinski definition) is 3. The van der Waals surface area contributed by atoms with E-state index >= 15 is 0 Å². The summed E-state index contributed by atoms with van der Waals surface area (Å²) in [7, 11) is 0. The fourth-order valence-corrected chi connectivity index (χ4v) is 2.03. The maximum atomic E-state index is 12.8. The SMILES string of the molecule is Cc1ccc(NC(=O)CNC(=O)NCc2ccc(F)cc2)cc1C. The Labute approximate surface area is 140 Å². The zero-order valence-electron chi connectivity index (χ0n) is 13.7. The predicted molar refractivity (Wildman–Crippen MR) is 91.2 cm³/mol. The summed E-state index contributed by atoms with van der Waals surface area (Å²) in [5.41, 5.74) is 3.69. The van der Waals surface area contributed by atoms with Gasteiger partial charge in [0.05, 0.1) is 6.54 Å². The van der Waals surface area contributed by atoms with Crippen LogP contribution in [0.4, 0.5) is 14.9 Å². The van der Waals surface area contributed by atoms with Crippen molar-refractivity contribution < 1.29 is 14.0 Å². The Hall–Kier alpha value is -2.89. The third-order valence-corrected chi connectivity index (χ3v) is 3.57. The molecule has 0 aliphatic heterocycles. The first kappa shape index (κ1) is 17.5. The Morgan fingerprint density at radius 3 is 2.33 bits per heavy atom. The topological polar surface area (TPSA) is 70.2 Å². The van der Waals surface area contributed by atoms with Crippen molar-refractivity contribution >= 4 is 17.6 Å². The van der Waals surface area contributed by atoms with Crippen molar-refractivity contribution in [3.63, 3.8) is 0 Å². The maximum Gasteiger partial charge on any atom is 0.315 e. The van der Waals surface area contributed by atoms with Crippen LogP contribution >= 0.6 is 0 Å². The van der Waals surface area contributed by atoms with Gasteiger partial charge in [-0.3, -0.25) is 4.79 Å². The van der Waals surface area contributed by atoms with Gasteiger partial charge in [-0.15, -0.1) is 0 Å². The van der Waals surface area contributed by atoms with E-state index in [-0.39, 0.29) is 24.8 Å². The molecule has 0 atom stereocenters. The standard InChI is InChI=1S/C18H20FN3O2/c1-12-3-8-16(9-13(12)2)22-17(23)11-21-18(24)20-10-14-4-6-15(19)7-5-14/h3-9H,10-11H2,1-2H3,(H,22,23)(H2,20,21,24). The predicted octanol–water partition coefficient (Wildman–Crippen LogP) is 2.88. The molecule has 0 fully saturated rings. The summed E-state index contributed by atoms with van der Waals surface area (Å²) in [6, 6.07) is 11.0. The van der Waals surface area contributed by atoms with Crippen LogP contribution in [0.15, 0.2) is 42.5 Å². The molecule has 0 bridgehead atoms. The van der Waals surface area contributed by atoms with Crippen molar-refractivity contribution in [3.05, 3.63) is 65.0 Å². The van der Waals surface area contributed by atoms with E-state index < -0.39 is 6.03 Å². The number of nitrogens with one attached hydrogen (secondary N) is 3. The number of anilines is 1. The summed E-state index contributed by atoms with van der Waals surface area (Å²) in [6.45, 7) is 4.08. The van der Waals surface area contributed by atoms with Crippen LogP contribution in [0, 0.1) is 19.7 Å². The summed E-state index contributed by atoms with van der Waals surface area (Å²) in [4.78, 5) is 23.5. The van der Waals surface area contributed by atoms with Crippen LogP contribution in [0.3, 0.4) is 0 Å². The summed E-state index contributed by atoms with van der Waals surface area (Å²) in [5, 5.41) is 7.80. The van der Waals surface area contributed by atoms with Crippen LogP contribution in [0.2, 0.25) is 0 Å². The van der Waals surface area contributed by atoms with E-state index in [1.165, 1.54) is 12.1 Å². The lowest BCUT2D eigenvalue weighted by Crippen LogP contribution is -2.39. The number of benzene rings is 2. The van der Waals surface area contributed by atoms with Gasteiger partial charge in [0.25, 0.3) is 0 Å². The average molecular weight is 329 g/mol. The summed E-state index contributed by atoms with van der Waals surface area (Å²) in [6.07, 6.45) is 0. The molecule has 6 heteroatoms. The Morgan fingerprint density at radius 2 is 1.67 bits per heavy atom. The molecule has 0 heterocycles. The van der Waals surface area contributed by atoms with Crippen molar-refractivity contribution in [3.8, 4) is 0 Å². The molecule has 5 nitrogen and oxygen atoms in total. The second-order valence-electron chi connectivity index (χ2n) is 5.51. The van der Waals surface area contributed by atoms with E-state index in [1.807, 2.05) is 32.0 Å². The van der Waals surface area contributed by atoms with E-state index in [2.05, 4.69) is 16.0 Å². The molecule has 24 heavy (non-hydrogen) atoms. The highest BCUT2D eigenvalue weighted by Crippen LogP contribution is 2.13. The molecule has 2 rings (SSSR count). The van der Waals surface area contributed by atoms with Gasteiger partial charge in [-0.05, 0) is 54.8 Å². The maximum absolute atomic E-state index is 12.8. The monoisotopic (exact) mass is 329 g/mol. The minimum absolute atomic E-state index is 0.137. The molecule has 2 aromatic carbocycles. The van der Waals surface area contributed by atoms with Crippen LogP contribution in [-0.2, 0) is 11.3 Å². The van der Waals surface area contributed by atoms with Crippen molar-refractivity contribution in [2.75, 3.05) is 11.9 Å². The third-order valence-electron chi connectivity index (χ3n) is 3.57. The molecule has 0 unspecified atom stereocenters. The molecule has 2 aromatic rings. The fourth-order valence-electron chi connectivity index (χ4n) is 2.03. The van der Waals surface area contributed by atoms with Crippen LogP contribution in [0.25, 0.3) is 0 Å². The van der Waals surface area contributed by atoms with Gasteiger partial charge in [-0.2, -0.15) is 0 Å². The van der Waals surface area contributed by atoms with Gasteiger partial charge in [0.1, 0.15) is 5.82 Å². The van der Waals surface area contributed by atoms with Crippen LogP contribution < -0.4 is 16.0 Å². The van der Waals surface area contributed by atoms with E-state index in [1.54, 1.807) is 12.1 Å². The summed E-state index contributed by atoms with van der Waals surface area (Å²) in [5.74, 6) is -0.638. The van der Waals surface area contributed by atoms with Gasteiger partial charge < -0.3 is 16.0 Å². The first-order valence-corrected chi connectivity index (χ1v) is 7.57. The van der Waals surface area contributed by atoms with Crippen LogP contribution in [0.5, 0.6) is 0 Å². The molecule has 0 aromatic heterocycles. The highest BCUT2D eigenvalue weighted by Gasteiger charge is 2.06. The molecular formula is C18H20FN3O2. The number of carbonyl (C=O) groups is 2. The second kappa shape index (κ2) is 8.10. The minimum atomic E-state index is -0.463. The lowest BCUT2D eigenvalue weighted by Gasteiger charge is -2.09. The van der Waals surface area contributed by atoms with E-state index in [0.717, 1.165) is 16.7 Å². The van der Waals surface area contributed by atoms with Crippen molar-refractivity contribution in [1.29, 1.82) is 0 Å². The number of rotatable bonds is 5. The first-order chi connectivity index (χ1) is 11.4. The van der Waals surface area contributed by atoms with E-state index in [0.29, 0.717) is 5.69 Å². The van der Waals surface area contributed by atoms with Crippen molar-refractivity contribution in [2.24, 2.45) is 0 Å². The largest absolute Gasteiger partial charge is 0.334 e. The molecule has 0 spiro atoms. The van der Waals surface area contributed by atoms with Gasteiger partial charge in [-0.25, -0.2) is 9.18 Å². The van der Waals surface area contributed by atoms with Gasteiger partial charge >= 0.3 is 6.03 Å². The summed E-state index contributed by atoms with van der Waals surface area (Å²) >= 11 is 0. The van der Waals surface area contributed by atoms with Gasteiger partial charge in [0.2, 0.25) is 5.91 Å². The molecule has 0 aliphatic rings. The number of hydrogen-bond acceptors (Lipinski definition) is 2. The summed E-state index contributed by atoms with van der Waals surface area (Å²) < 4.78 is 12.8. The molecule has 0 radical (unpaired) electrons. The second-order valence-corrected chi connectivity index (χ2v) is 5.51. The zero-order chi connectivity index (χ0) is 17.5. The molecule has 0 aliphatic carbocycles. The molecular weight excluding hydrogens is 309 g/mol. The number of carbonyl (C=O) groups excluding carboxylic acids is 2. The number of halogens is 1. The van der Waals surface area contributed by atoms with E-state index in [9.17, 15) is 14.0 Å². The quantitative estimate of drug-likeness (QED) is 0.789. The lowest BCUT2D eigenvalue weighted by atomic mass is 10.1.